The van der Waals surface area contributed by atoms with Gasteiger partial charge in [-0.05, 0) is 17.7 Å². The van der Waals surface area contributed by atoms with E-state index in [0.717, 1.165) is 5.56 Å². The van der Waals surface area contributed by atoms with Gasteiger partial charge < -0.3 is 16.4 Å². The van der Waals surface area contributed by atoms with Crippen molar-refractivity contribution in [1.82, 2.24) is 5.32 Å². The minimum absolute atomic E-state index is 0.152. The first-order chi connectivity index (χ1) is 8.11. The minimum atomic E-state index is -0.409. The van der Waals surface area contributed by atoms with Crippen LogP contribution in [-0.2, 0) is 11.2 Å². The van der Waals surface area contributed by atoms with Gasteiger partial charge in [0.25, 0.3) is 0 Å². The van der Waals surface area contributed by atoms with Crippen molar-refractivity contribution in [3.8, 4) is 0 Å². The van der Waals surface area contributed by atoms with Crippen LogP contribution in [0.25, 0.3) is 0 Å². The van der Waals surface area contributed by atoms with Gasteiger partial charge >= 0.3 is 6.03 Å². The molecule has 0 fully saturated rings. The summed E-state index contributed by atoms with van der Waals surface area (Å²) in [5.41, 5.74) is 6.45. The second-order valence-electron chi connectivity index (χ2n) is 3.41. The number of benzene rings is 1. The zero-order valence-electron chi connectivity index (χ0n) is 9.20. The molecule has 0 atom stereocenters. The van der Waals surface area contributed by atoms with Gasteiger partial charge in [-0.3, -0.25) is 4.79 Å². The van der Waals surface area contributed by atoms with E-state index in [9.17, 15) is 9.59 Å². The maximum absolute atomic E-state index is 11.3. The molecule has 1 rings (SSSR count). The summed E-state index contributed by atoms with van der Waals surface area (Å²) in [5.74, 6) is -0.0523. The molecule has 0 saturated heterocycles. The van der Waals surface area contributed by atoms with Crippen LogP contribution in [0.3, 0.4) is 0 Å². The van der Waals surface area contributed by atoms with E-state index in [4.69, 9.17) is 17.3 Å². The molecule has 4 N–H and O–H groups in total. The molecule has 92 valence electrons. The van der Waals surface area contributed by atoms with Crippen LogP contribution in [0.1, 0.15) is 5.56 Å². The number of primary amides is 1. The average molecular weight is 256 g/mol. The maximum Gasteiger partial charge on any atom is 0.319 e. The second-order valence-corrected chi connectivity index (χ2v) is 3.79. The number of carbonyl (C=O) groups is 2. The van der Waals surface area contributed by atoms with E-state index in [1.165, 1.54) is 0 Å². The Morgan fingerprint density at radius 3 is 2.76 bits per heavy atom. The fourth-order valence-corrected chi connectivity index (χ4v) is 1.39. The van der Waals surface area contributed by atoms with E-state index < -0.39 is 5.91 Å². The predicted octanol–water partition coefficient (Wildman–Crippen LogP) is 1.07. The molecule has 5 nitrogen and oxygen atoms in total. The Morgan fingerprint density at radius 2 is 2.12 bits per heavy atom. The molecule has 0 radical (unpaired) electrons. The highest BCUT2D eigenvalue weighted by Crippen LogP contribution is 2.10. The SMILES string of the molecule is NC(=O)Cc1cccc(NC(=O)NCCCl)c1. The highest BCUT2D eigenvalue weighted by atomic mass is 35.5. The van der Waals surface area contributed by atoms with Crippen LogP contribution in [0.2, 0.25) is 0 Å². The molecule has 0 spiro atoms. The van der Waals surface area contributed by atoms with Crippen molar-refractivity contribution in [1.29, 1.82) is 0 Å². The number of alkyl halides is 1. The Labute approximate surface area is 104 Å². The van der Waals surface area contributed by atoms with E-state index >= 15 is 0 Å². The molecule has 3 amide bonds. The number of carbonyl (C=O) groups excluding carboxylic acids is 2. The summed E-state index contributed by atoms with van der Waals surface area (Å²) >= 11 is 5.44. The van der Waals surface area contributed by atoms with E-state index in [-0.39, 0.29) is 12.5 Å². The number of rotatable bonds is 5. The molecule has 0 aliphatic heterocycles. The Kier molecular flexibility index (Phi) is 5.29. The summed E-state index contributed by atoms with van der Waals surface area (Å²) in [7, 11) is 0. The monoisotopic (exact) mass is 255 g/mol. The van der Waals surface area contributed by atoms with Crippen molar-refractivity contribution in [2.24, 2.45) is 5.73 Å². The quantitative estimate of drug-likeness (QED) is 0.688. The van der Waals surface area contributed by atoms with Crippen LogP contribution in [0, 0.1) is 0 Å². The normalized spacial score (nSPS) is 9.71. The van der Waals surface area contributed by atoms with Gasteiger partial charge in [0.2, 0.25) is 5.91 Å². The van der Waals surface area contributed by atoms with Gasteiger partial charge in [0, 0.05) is 18.1 Å². The van der Waals surface area contributed by atoms with Gasteiger partial charge in [-0.15, -0.1) is 11.6 Å². The molecule has 0 aliphatic rings. The third kappa shape index (κ3) is 5.21. The Bertz CT molecular complexity index is 409. The highest BCUT2D eigenvalue weighted by molar-refractivity contribution is 6.18. The number of halogens is 1. The Morgan fingerprint density at radius 1 is 1.35 bits per heavy atom. The van der Waals surface area contributed by atoms with E-state index in [2.05, 4.69) is 10.6 Å². The first-order valence-electron chi connectivity index (χ1n) is 5.10. The molecule has 0 bridgehead atoms. The lowest BCUT2D eigenvalue weighted by molar-refractivity contribution is -0.117. The molecule has 0 unspecified atom stereocenters. The van der Waals surface area contributed by atoms with Crippen molar-refractivity contribution in [3.63, 3.8) is 0 Å². The standard InChI is InChI=1S/C11H14ClN3O2/c12-4-5-14-11(17)15-9-3-1-2-8(6-9)7-10(13)16/h1-3,6H,4-5,7H2,(H2,13,16)(H2,14,15,17). The molecule has 0 aromatic heterocycles. The lowest BCUT2D eigenvalue weighted by Crippen LogP contribution is -2.30. The highest BCUT2D eigenvalue weighted by Gasteiger charge is 2.03. The molecule has 0 saturated carbocycles. The lowest BCUT2D eigenvalue weighted by Gasteiger charge is -2.07. The fraction of sp³-hybridized carbons (Fsp3) is 0.273. The number of amides is 3. The van der Waals surface area contributed by atoms with Crippen molar-refractivity contribution in [3.05, 3.63) is 29.8 Å². The summed E-state index contributed by atoms with van der Waals surface area (Å²) in [4.78, 5) is 22.1. The van der Waals surface area contributed by atoms with Gasteiger partial charge in [0.1, 0.15) is 0 Å². The van der Waals surface area contributed by atoms with Crippen LogP contribution in [0.4, 0.5) is 10.5 Å². The number of hydrogen-bond donors (Lipinski definition) is 3. The van der Waals surface area contributed by atoms with Crippen molar-refractivity contribution >= 4 is 29.2 Å². The summed E-state index contributed by atoms with van der Waals surface area (Å²) in [6.07, 6.45) is 0.152. The van der Waals surface area contributed by atoms with Gasteiger partial charge in [0.05, 0.1) is 6.42 Å². The second kappa shape index (κ2) is 6.75. The van der Waals surface area contributed by atoms with Crippen molar-refractivity contribution < 1.29 is 9.59 Å². The van der Waals surface area contributed by atoms with E-state index in [0.29, 0.717) is 18.1 Å². The zero-order chi connectivity index (χ0) is 12.7. The number of urea groups is 1. The van der Waals surface area contributed by atoms with Crippen molar-refractivity contribution in [2.45, 2.75) is 6.42 Å². The zero-order valence-corrected chi connectivity index (χ0v) is 9.96. The van der Waals surface area contributed by atoms with Gasteiger partial charge in [-0.25, -0.2) is 4.79 Å². The maximum atomic E-state index is 11.3. The predicted molar refractivity (Wildman–Crippen MR) is 67.1 cm³/mol. The molecule has 17 heavy (non-hydrogen) atoms. The third-order valence-corrected chi connectivity index (χ3v) is 2.13. The third-order valence-electron chi connectivity index (χ3n) is 1.94. The average Bonchev–Trinajstić information content (AvgIpc) is 2.26. The summed E-state index contributed by atoms with van der Waals surface area (Å²) in [6, 6.07) is 6.61. The summed E-state index contributed by atoms with van der Waals surface area (Å²) in [6.45, 7) is 0.397. The van der Waals surface area contributed by atoms with Crippen LogP contribution in [-0.4, -0.2) is 24.4 Å². The van der Waals surface area contributed by atoms with Crippen molar-refractivity contribution in [2.75, 3.05) is 17.7 Å². The minimum Gasteiger partial charge on any atom is -0.369 e. The molecule has 0 aliphatic carbocycles. The number of hydrogen-bond acceptors (Lipinski definition) is 2. The molecule has 1 aromatic carbocycles. The Hall–Kier alpha value is -1.75. The van der Waals surface area contributed by atoms with E-state index in [1.54, 1.807) is 24.3 Å². The molecule has 1 aromatic rings. The Balaban J connectivity index is 2.59. The lowest BCUT2D eigenvalue weighted by atomic mass is 10.1. The van der Waals surface area contributed by atoms with Crippen LogP contribution < -0.4 is 16.4 Å². The van der Waals surface area contributed by atoms with E-state index in [1.807, 2.05) is 0 Å². The molecular formula is C11H14ClN3O2. The summed E-state index contributed by atoms with van der Waals surface area (Å²) in [5, 5.41) is 5.20. The number of anilines is 1. The van der Waals surface area contributed by atoms with Gasteiger partial charge in [-0.1, -0.05) is 12.1 Å². The topological polar surface area (TPSA) is 84.2 Å². The van der Waals surface area contributed by atoms with Gasteiger partial charge in [-0.2, -0.15) is 0 Å². The first kappa shape index (κ1) is 13.3. The van der Waals surface area contributed by atoms with Crippen LogP contribution in [0.5, 0.6) is 0 Å². The number of nitrogens with one attached hydrogen (secondary N) is 2. The number of nitrogens with two attached hydrogens (primary N) is 1. The first-order valence-corrected chi connectivity index (χ1v) is 5.63. The van der Waals surface area contributed by atoms with Crippen LogP contribution >= 0.6 is 11.6 Å². The largest absolute Gasteiger partial charge is 0.369 e. The fourth-order valence-electron chi connectivity index (χ4n) is 1.30. The molecular weight excluding hydrogens is 242 g/mol. The summed E-state index contributed by atoms with van der Waals surface area (Å²) < 4.78 is 0. The smallest absolute Gasteiger partial charge is 0.319 e. The van der Waals surface area contributed by atoms with Gasteiger partial charge in [0.15, 0.2) is 0 Å². The molecule has 6 heteroatoms. The molecule has 0 heterocycles. The van der Waals surface area contributed by atoms with Crippen LogP contribution in [0.15, 0.2) is 24.3 Å².